The van der Waals surface area contributed by atoms with Crippen molar-refractivity contribution in [2.45, 2.75) is 119 Å². The molecule has 0 saturated carbocycles. The van der Waals surface area contributed by atoms with E-state index in [9.17, 15) is 14.4 Å². The Kier molecular flexibility index (Phi) is 24.6. The summed E-state index contributed by atoms with van der Waals surface area (Å²) in [6.07, 6.45) is 3.26. The molecule has 0 spiro atoms. The monoisotopic (exact) mass is 508 g/mol. The van der Waals surface area contributed by atoms with E-state index in [0.717, 1.165) is 38.8 Å². The highest BCUT2D eigenvalue weighted by atomic mass is 16.6. The fourth-order valence-electron chi connectivity index (χ4n) is 1.94. The van der Waals surface area contributed by atoms with E-state index in [1.807, 2.05) is 20.8 Å². The number of rotatable bonds is 9. The molecule has 0 aromatic carbocycles. The Balaban J connectivity index is -0.000000220. The van der Waals surface area contributed by atoms with Gasteiger partial charge in [-0.1, -0.05) is 7.43 Å². The van der Waals surface area contributed by atoms with Gasteiger partial charge in [-0.25, -0.2) is 4.79 Å². The predicted molar refractivity (Wildman–Crippen MR) is 143 cm³/mol. The summed E-state index contributed by atoms with van der Waals surface area (Å²) in [5.41, 5.74) is 14.1. The zero-order valence-electron chi connectivity index (χ0n) is 23.0. The van der Waals surface area contributed by atoms with Crippen LogP contribution in [-0.2, 0) is 23.8 Å². The van der Waals surface area contributed by atoms with Crippen LogP contribution in [0.5, 0.6) is 0 Å². The van der Waals surface area contributed by atoms with Crippen LogP contribution in [0.15, 0.2) is 0 Å². The van der Waals surface area contributed by atoms with Crippen LogP contribution in [0, 0.1) is 0 Å². The van der Waals surface area contributed by atoms with Crippen LogP contribution in [0.1, 0.15) is 102 Å². The first-order valence-corrected chi connectivity index (χ1v) is 11.9. The molecule has 0 atom stereocenters. The molecule has 7 N–H and O–H groups in total. The lowest BCUT2D eigenvalue weighted by atomic mass is 10.2. The summed E-state index contributed by atoms with van der Waals surface area (Å²) >= 11 is 0. The van der Waals surface area contributed by atoms with Gasteiger partial charge in [-0.05, 0) is 108 Å². The van der Waals surface area contributed by atoms with Crippen LogP contribution in [0.2, 0.25) is 0 Å². The second-order valence-electron chi connectivity index (χ2n) is 10.6. The first kappa shape index (κ1) is 40.3. The summed E-state index contributed by atoms with van der Waals surface area (Å²) in [7, 11) is 0. The molecule has 0 saturated heterocycles. The van der Waals surface area contributed by atoms with Gasteiger partial charge >= 0.3 is 18.0 Å². The summed E-state index contributed by atoms with van der Waals surface area (Å²) in [4.78, 5) is 33.5. The molecule has 10 nitrogen and oxygen atoms in total. The van der Waals surface area contributed by atoms with Crippen molar-refractivity contribution in [2.24, 2.45) is 17.2 Å². The van der Waals surface area contributed by atoms with E-state index in [1.165, 1.54) is 0 Å². The number of esters is 2. The number of amides is 1. The number of hydrogen-bond acceptors (Lipinski definition) is 9. The quantitative estimate of drug-likeness (QED) is 0.157. The van der Waals surface area contributed by atoms with Crippen molar-refractivity contribution in [3.63, 3.8) is 0 Å². The number of ether oxygens (including phenoxy) is 3. The number of hydrogen-bond donors (Lipinski definition) is 4. The molecular weight excluding hydrogens is 452 g/mol. The van der Waals surface area contributed by atoms with Gasteiger partial charge in [0.15, 0.2) is 0 Å². The zero-order chi connectivity index (χ0) is 27.4. The molecule has 10 heteroatoms. The smallest absolute Gasteiger partial charge is 0.407 e. The normalized spacial score (nSPS) is 10.9. The van der Waals surface area contributed by atoms with Crippen LogP contribution < -0.4 is 22.5 Å². The van der Waals surface area contributed by atoms with Crippen LogP contribution in [-0.4, -0.2) is 61.0 Å². The molecule has 0 radical (unpaired) electrons. The SMILES string of the molecule is C.CC(C)(C)OC(=O)CC(=O)OC(C)(C)C.CC(C)(C)OC(=O)NCCCCN.NCCCCN. The second-order valence-corrected chi connectivity index (χ2v) is 10.6. The van der Waals surface area contributed by atoms with Gasteiger partial charge in [0, 0.05) is 6.54 Å². The van der Waals surface area contributed by atoms with Gasteiger partial charge in [-0.3, -0.25) is 9.59 Å². The Bertz CT molecular complexity index is 520. The molecule has 0 aliphatic carbocycles. The minimum Gasteiger partial charge on any atom is -0.460 e. The molecule has 212 valence electrons. The van der Waals surface area contributed by atoms with Crippen molar-refractivity contribution in [1.82, 2.24) is 5.32 Å². The maximum atomic E-state index is 11.2. The first-order valence-electron chi connectivity index (χ1n) is 11.9. The van der Waals surface area contributed by atoms with Crippen LogP contribution in [0.25, 0.3) is 0 Å². The molecule has 0 aromatic heterocycles. The standard InChI is InChI=1S/C11H20O4.C9H20N2O2.C4H12N2.CH4/c1-10(2,3)14-8(12)7-9(13)15-11(4,5)6;1-9(2,3)13-8(12)11-7-5-4-6-10;5-3-1-2-4-6;/h7H2,1-6H3;4-7,10H2,1-3H3,(H,11,12);1-6H2;1H4. The number of carbonyl (C=O) groups excluding carboxylic acids is 3. The van der Waals surface area contributed by atoms with Crippen molar-refractivity contribution in [3.05, 3.63) is 0 Å². The average Bonchev–Trinajstić information content (AvgIpc) is 2.59. The average molecular weight is 509 g/mol. The van der Waals surface area contributed by atoms with E-state index in [-0.39, 0.29) is 19.9 Å². The lowest BCUT2D eigenvalue weighted by Gasteiger charge is -2.21. The molecule has 0 unspecified atom stereocenters. The Morgan fingerprint density at radius 3 is 1.20 bits per heavy atom. The number of alkyl carbamates (subject to hydrolysis) is 1. The summed E-state index contributed by atoms with van der Waals surface area (Å²) < 4.78 is 15.0. The molecule has 0 aromatic rings. The molecule has 0 aliphatic heterocycles. The van der Waals surface area contributed by atoms with E-state index >= 15 is 0 Å². The summed E-state index contributed by atoms with van der Waals surface area (Å²) in [6.45, 7) is 18.9. The van der Waals surface area contributed by atoms with Gasteiger partial charge < -0.3 is 36.7 Å². The Hall–Kier alpha value is -1.91. The van der Waals surface area contributed by atoms with Crippen LogP contribution >= 0.6 is 0 Å². The van der Waals surface area contributed by atoms with Crippen molar-refractivity contribution in [2.75, 3.05) is 26.2 Å². The van der Waals surface area contributed by atoms with Crippen molar-refractivity contribution in [1.29, 1.82) is 0 Å². The fourth-order valence-corrected chi connectivity index (χ4v) is 1.94. The van der Waals surface area contributed by atoms with Crippen molar-refractivity contribution in [3.8, 4) is 0 Å². The number of nitrogens with one attached hydrogen (secondary N) is 1. The topological polar surface area (TPSA) is 169 Å². The van der Waals surface area contributed by atoms with E-state index < -0.39 is 28.7 Å². The molecular formula is C25H56N4O6. The van der Waals surface area contributed by atoms with Gasteiger partial charge in [0.05, 0.1) is 0 Å². The maximum Gasteiger partial charge on any atom is 0.407 e. The zero-order valence-corrected chi connectivity index (χ0v) is 23.0. The van der Waals surface area contributed by atoms with Gasteiger partial charge in [0.1, 0.15) is 23.2 Å². The third kappa shape index (κ3) is 42.7. The summed E-state index contributed by atoms with van der Waals surface area (Å²) in [5.74, 6) is -1.12. The third-order valence-corrected chi connectivity index (χ3v) is 3.09. The maximum absolute atomic E-state index is 11.2. The van der Waals surface area contributed by atoms with Gasteiger partial charge in [0.2, 0.25) is 0 Å². The largest absolute Gasteiger partial charge is 0.460 e. The highest BCUT2D eigenvalue weighted by Gasteiger charge is 2.22. The van der Waals surface area contributed by atoms with Gasteiger partial charge in [-0.2, -0.15) is 0 Å². The van der Waals surface area contributed by atoms with E-state index in [4.69, 9.17) is 31.4 Å². The molecule has 0 rings (SSSR count). The van der Waals surface area contributed by atoms with Crippen LogP contribution in [0.4, 0.5) is 4.79 Å². The predicted octanol–water partition coefficient (Wildman–Crippen LogP) is 3.63. The van der Waals surface area contributed by atoms with Crippen LogP contribution in [0.3, 0.4) is 0 Å². The Morgan fingerprint density at radius 2 is 0.914 bits per heavy atom. The summed E-state index contributed by atoms with van der Waals surface area (Å²) in [6, 6.07) is 0. The van der Waals surface area contributed by atoms with Crippen molar-refractivity contribution >= 4 is 18.0 Å². The fraction of sp³-hybridized carbons (Fsp3) is 0.880. The number of unbranched alkanes of at least 4 members (excludes halogenated alkanes) is 2. The molecule has 0 fully saturated rings. The highest BCUT2D eigenvalue weighted by molar-refractivity contribution is 5.91. The number of carbonyl (C=O) groups is 3. The minimum atomic E-state index is -0.570. The van der Waals surface area contributed by atoms with Crippen molar-refractivity contribution < 1.29 is 28.6 Å². The van der Waals surface area contributed by atoms with E-state index in [0.29, 0.717) is 13.1 Å². The molecule has 1 amide bonds. The van der Waals surface area contributed by atoms with Gasteiger partial charge in [-0.15, -0.1) is 0 Å². The lowest BCUT2D eigenvalue weighted by molar-refractivity contribution is -0.166. The Labute approximate surface area is 214 Å². The third-order valence-electron chi connectivity index (χ3n) is 3.09. The molecule has 0 bridgehead atoms. The second kappa shape index (κ2) is 21.4. The minimum absolute atomic E-state index is 0. The molecule has 35 heavy (non-hydrogen) atoms. The molecule has 0 heterocycles. The van der Waals surface area contributed by atoms with E-state index in [1.54, 1.807) is 41.5 Å². The number of nitrogens with two attached hydrogens (primary N) is 3. The van der Waals surface area contributed by atoms with E-state index in [2.05, 4.69) is 5.32 Å². The summed E-state index contributed by atoms with van der Waals surface area (Å²) in [5, 5.41) is 2.66. The molecule has 0 aliphatic rings. The lowest BCUT2D eigenvalue weighted by Crippen LogP contribution is -2.33. The highest BCUT2D eigenvalue weighted by Crippen LogP contribution is 2.11. The first-order chi connectivity index (χ1) is 15.4. The van der Waals surface area contributed by atoms with Gasteiger partial charge in [0.25, 0.3) is 0 Å². The Morgan fingerprint density at radius 1 is 0.600 bits per heavy atom.